The molecule has 0 heterocycles. The van der Waals surface area contributed by atoms with Crippen molar-refractivity contribution in [3.05, 3.63) is 48.0 Å². The first-order chi connectivity index (χ1) is 11.8. The van der Waals surface area contributed by atoms with Crippen LogP contribution in [0.15, 0.2) is 42.5 Å². The molecular weight excluding hydrogens is 296 g/mol. The van der Waals surface area contributed by atoms with Gasteiger partial charge in [-0.25, -0.2) is 0 Å². The first-order valence-electron chi connectivity index (χ1n) is 9.26. The van der Waals surface area contributed by atoms with Crippen LogP contribution in [-0.2, 0) is 4.79 Å². The van der Waals surface area contributed by atoms with Gasteiger partial charge < -0.3 is 11.1 Å². The number of fused-ring (bicyclic) bond motifs is 1. The van der Waals surface area contributed by atoms with Crippen molar-refractivity contribution in [3.8, 4) is 0 Å². The molecule has 3 nitrogen and oxygen atoms in total. The lowest BCUT2D eigenvalue weighted by Crippen LogP contribution is -2.45. The summed E-state index contributed by atoms with van der Waals surface area (Å²) in [6, 6.07) is 15.2. The molecule has 2 aromatic rings. The van der Waals surface area contributed by atoms with Crippen molar-refractivity contribution in [1.29, 1.82) is 0 Å². The Morgan fingerprint density at radius 3 is 2.75 bits per heavy atom. The molecule has 4 atom stereocenters. The fourth-order valence-corrected chi connectivity index (χ4v) is 4.37. The molecule has 0 aromatic heterocycles. The van der Waals surface area contributed by atoms with Crippen molar-refractivity contribution in [2.75, 3.05) is 6.54 Å². The molecule has 0 spiro atoms. The Balaban J connectivity index is 1.46. The molecule has 0 saturated heterocycles. The third kappa shape index (κ3) is 2.93. The predicted molar refractivity (Wildman–Crippen MR) is 97.7 cm³/mol. The maximum Gasteiger partial charge on any atom is 0.223 e. The lowest BCUT2D eigenvalue weighted by Gasteiger charge is -2.31. The van der Waals surface area contributed by atoms with Crippen molar-refractivity contribution in [2.45, 2.75) is 44.1 Å². The standard InChI is InChI=1S/C21H26N2O/c22-13-15-7-2-4-11-20(15)23-21(24)19-12-18(19)17-10-5-8-14-6-1-3-9-16(14)17/h1,3,5-6,8-10,15,18-20H,2,4,7,11-13,22H2,(H,23,24). The number of nitrogens with one attached hydrogen (secondary N) is 1. The van der Waals surface area contributed by atoms with E-state index in [1.807, 2.05) is 0 Å². The van der Waals surface area contributed by atoms with Gasteiger partial charge in [0.1, 0.15) is 0 Å². The molecule has 3 heteroatoms. The van der Waals surface area contributed by atoms with Gasteiger partial charge in [0.05, 0.1) is 0 Å². The van der Waals surface area contributed by atoms with E-state index in [-0.39, 0.29) is 17.9 Å². The Labute approximate surface area is 143 Å². The summed E-state index contributed by atoms with van der Waals surface area (Å²) in [5, 5.41) is 5.86. The third-order valence-electron chi connectivity index (χ3n) is 5.89. The van der Waals surface area contributed by atoms with E-state index in [0.29, 0.717) is 18.4 Å². The van der Waals surface area contributed by atoms with Gasteiger partial charge in [0.25, 0.3) is 0 Å². The van der Waals surface area contributed by atoms with Crippen LogP contribution in [0.4, 0.5) is 0 Å². The maximum absolute atomic E-state index is 12.7. The molecule has 2 saturated carbocycles. The first kappa shape index (κ1) is 15.6. The SMILES string of the molecule is NCC1CCCCC1NC(=O)C1CC1c1cccc2ccccc12. The van der Waals surface area contributed by atoms with Crippen LogP contribution in [-0.4, -0.2) is 18.5 Å². The Bertz CT molecular complexity index is 736. The highest BCUT2D eigenvalue weighted by Gasteiger charge is 2.45. The molecule has 126 valence electrons. The average Bonchev–Trinajstić information content (AvgIpc) is 3.42. The minimum Gasteiger partial charge on any atom is -0.353 e. The minimum absolute atomic E-state index is 0.135. The van der Waals surface area contributed by atoms with E-state index in [4.69, 9.17) is 5.73 Å². The summed E-state index contributed by atoms with van der Waals surface area (Å²) in [6.07, 6.45) is 5.66. The number of benzene rings is 2. The van der Waals surface area contributed by atoms with Gasteiger partial charge in [-0.2, -0.15) is 0 Å². The zero-order valence-electron chi connectivity index (χ0n) is 14.1. The molecular formula is C21H26N2O. The average molecular weight is 322 g/mol. The van der Waals surface area contributed by atoms with Gasteiger partial charge in [0, 0.05) is 12.0 Å². The van der Waals surface area contributed by atoms with E-state index >= 15 is 0 Å². The van der Waals surface area contributed by atoms with Gasteiger partial charge >= 0.3 is 0 Å². The molecule has 1 amide bonds. The maximum atomic E-state index is 12.7. The number of nitrogens with two attached hydrogens (primary N) is 1. The lowest BCUT2D eigenvalue weighted by atomic mass is 9.84. The van der Waals surface area contributed by atoms with Gasteiger partial charge in [-0.05, 0) is 54.0 Å². The van der Waals surface area contributed by atoms with E-state index in [9.17, 15) is 4.79 Å². The molecule has 2 aliphatic carbocycles. The van der Waals surface area contributed by atoms with E-state index in [0.717, 1.165) is 19.3 Å². The summed E-state index contributed by atoms with van der Waals surface area (Å²) in [6.45, 7) is 0.683. The lowest BCUT2D eigenvalue weighted by molar-refractivity contribution is -0.123. The molecule has 3 N–H and O–H groups in total. The summed E-state index contributed by atoms with van der Waals surface area (Å²) >= 11 is 0. The summed E-state index contributed by atoms with van der Waals surface area (Å²) in [5.74, 6) is 1.20. The Morgan fingerprint density at radius 2 is 1.88 bits per heavy atom. The highest BCUT2D eigenvalue weighted by molar-refractivity contribution is 5.89. The van der Waals surface area contributed by atoms with Crippen molar-refractivity contribution in [2.24, 2.45) is 17.6 Å². The van der Waals surface area contributed by atoms with Crippen LogP contribution in [0, 0.1) is 11.8 Å². The van der Waals surface area contributed by atoms with Crippen LogP contribution < -0.4 is 11.1 Å². The number of carbonyl (C=O) groups is 1. The van der Waals surface area contributed by atoms with Gasteiger partial charge in [0.2, 0.25) is 5.91 Å². The second kappa shape index (κ2) is 6.56. The number of rotatable bonds is 4. The molecule has 2 fully saturated rings. The van der Waals surface area contributed by atoms with E-state index in [1.165, 1.54) is 29.2 Å². The Kier molecular flexibility index (Phi) is 4.28. The smallest absolute Gasteiger partial charge is 0.223 e. The van der Waals surface area contributed by atoms with Gasteiger partial charge in [0.15, 0.2) is 0 Å². The van der Waals surface area contributed by atoms with Crippen LogP contribution in [0.1, 0.15) is 43.6 Å². The molecule has 2 aliphatic rings. The van der Waals surface area contributed by atoms with Gasteiger partial charge in [-0.1, -0.05) is 55.3 Å². The van der Waals surface area contributed by atoms with Crippen LogP contribution in [0.2, 0.25) is 0 Å². The Hall–Kier alpha value is -1.87. The normalized spacial score (nSPS) is 29.4. The van der Waals surface area contributed by atoms with E-state index in [2.05, 4.69) is 47.8 Å². The van der Waals surface area contributed by atoms with Gasteiger partial charge in [-0.15, -0.1) is 0 Å². The van der Waals surface area contributed by atoms with Crippen LogP contribution in [0.25, 0.3) is 10.8 Å². The molecule has 4 rings (SSSR count). The summed E-state index contributed by atoms with van der Waals surface area (Å²) < 4.78 is 0. The molecule has 4 unspecified atom stereocenters. The minimum atomic E-state index is 0.135. The summed E-state index contributed by atoms with van der Waals surface area (Å²) in [4.78, 5) is 12.7. The molecule has 0 aliphatic heterocycles. The predicted octanol–water partition coefficient (Wildman–Crippen LogP) is 3.58. The molecule has 2 aromatic carbocycles. The molecule has 24 heavy (non-hydrogen) atoms. The van der Waals surface area contributed by atoms with Gasteiger partial charge in [-0.3, -0.25) is 4.79 Å². The topological polar surface area (TPSA) is 55.1 Å². The van der Waals surface area contributed by atoms with Crippen LogP contribution in [0.5, 0.6) is 0 Å². The van der Waals surface area contributed by atoms with E-state index in [1.54, 1.807) is 0 Å². The van der Waals surface area contributed by atoms with Crippen LogP contribution >= 0.6 is 0 Å². The fourth-order valence-electron chi connectivity index (χ4n) is 4.37. The van der Waals surface area contributed by atoms with Crippen molar-refractivity contribution in [3.63, 3.8) is 0 Å². The fraction of sp³-hybridized carbons (Fsp3) is 0.476. The molecule has 0 radical (unpaired) electrons. The number of carbonyl (C=O) groups excluding carboxylic acids is 1. The number of amides is 1. The first-order valence-corrected chi connectivity index (χ1v) is 9.26. The quantitative estimate of drug-likeness (QED) is 0.904. The highest BCUT2D eigenvalue weighted by Crippen LogP contribution is 2.49. The largest absolute Gasteiger partial charge is 0.353 e. The number of hydrogen-bond acceptors (Lipinski definition) is 2. The zero-order chi connectivity index (χ0) is 16.5. The summed E-state index contributed by atoms with van der Waals surface area (Å²) in [7, 11) is 0. The second-order valence-corrected chi connectivity index (χ2v) is 7.41. The zero-order valence-corrected chi connectivity index (χ0v) is 14.1. The third-order valence-corrected chi connectivity index (χ3v) is 5.89. The number of hydrogen-bond donors (Lipinski definition) is 2. The van der Waals surface area contributed by atoms with Crippen LogP contribution in [0.3, 0.4) is 0 Å². The highest BCUT2D eigenvalue weighted by atomic mass is 16.2. The van der Waals surface area contributed by atoms with Crippen molar-refractivity contribution < 1.29 is 4.79 Å². The van der Waals surface area contributed by atoms with Crippen molar-refractivity contribution >= 4 is 16.7 Å². The monoisotopic (exact) mass is 322 g/mol. The second-order valence-electron chi connectivity index (χ2n) is 7.41. The van der Waals surface area contributed by atoms with E-state index < -0.39 is 0 Å². The van der Waals surface area contributed by atoms with Crippen molar-refractivity contribution in [1.82, 2.24) is 5.32 Å². The summed E-state index contributed by atoms with van der Waals surface area (Å²) in [5.41, 5.74) is 7.22. The molecule has 0 bridgehead atoms. The Morgan fingerprint density at radius 1 is 1.08 bits per heavy atom.